The summed E-state index contributed by atoms with van der Waals surface area (Å²) in [5.41, 5.74) is 0.866. The molecule has 31 heavy (non-hydrogen) atoms. The lowest BCUT2D eigenvalue weighted by Gasteiger charge is -2.20. The summed E-state index contributed by atoms with van der Waals surface area (Å²) >= 11 is 1.24. The van der Waals surface area contributed by atoms with E-state index in [1.165, 1.54) is 18.7 Å². The Hall–Kier alpha value is -3.33. The lowest BCUT2D eigenvalue weighted by molar-refractivity contribution is -0.124. The van der Waals surface area contributed by atoms with Crippen molar-refractivity contribution >= 4 is 41.3 Å². The van der Waals surface area contributed by atoms with E-state index in [1.807, 2.05) is 19.1 Å². The number of ether oxygens (including phenoxy) is 1. The Kier molecular flexibility index (Phi) is 6.65. The van der Waals surface area contributed by atoms with Crippen molar-refractivity contribution in [3.8, 4) is 0 Å². The smallest absolute Gasteiger partial charge is 0.340 e. The molecule has 8 nitrogen and oxygen atoms in total. The number of hydrogen-bond acceptors (Lipinski definition) is 6. The van der Waals surface area contributed by atoms with Crippen molar-refractivity contribution in [3.63, 3.8) is 0 Å². The van der Waals surface area contributed by atoms with Crippen LogP contribution in [0.4, 0.5) is 10.5 Å². The predicted octanol–water partition coefficient (Wildman–Crippen LogP) is 2.87. The van der Waals surface area contributed by atoms with Gasteiger partial charge in [0.15, 0.2) is 6.10 Å². The fourth-order valence-corrected chi connectivity index (χ4v) is 3.95. The van der Waals surface area contributed by atoms with Gasteiger partial charge in [-0.3, -0.25) is 14.9 Å². The van der Waals surface area contributed by atoms with Gasteiger partial charge in [0.05, 0.1) is 5.56 Å². The van der Waals surface area contributed by atoms with Gasteiger partial charge in [-0.2, -0.15) is 0 Å². The molecular weight excluding hydrogens is 418 g/mol. The number of aryl methyl sites for hydroxylation is 1. The number of imide groups is 1. The second-order valence-electron chi connectivity index (χ2n) is 7.43. The molecule has 0 aromatic heterocycles. The summed E-state index contributed by atoms with van der Waals surface area (Å²) in [4.78, 5) is 49.1. The van der Waals surface area contributed by atoms with Crippen molar-refractivity contribution in [2.75, 3.05) is 11.1 Å². The van der Waals surface area contributed by atoms with Crippen LogP contribution in [0.3, 0.4) is 0 Å². The highest BCUT2D eigenvalue weighted by Crippen LogP contribution is 2.28. The normalized spacial score (nSPS) is 18.7. The maximum Gasteiger partial charge on any atom is 0.340 e. The van der Waals surface area contributed by atoms with Gasteiger partial charge in [-0.05, 0) is 45.0 Å². The monoisotopic (exact) mass is 441 g/mol. The van der Waals surface area contributed by atoms with Crippen molar-refractivity contribution in [1.82, 2.24) is 10.6 Å². The number of urea groups is 1. The predicted molar refractivity (Wildman–Crippen MR) is 117 cm³/mol. The Morgan fingerprint density at radius 3 is 2.45 bits per heavy atom. The Labute approximate surface area is 184 Å². The molecule has 0 spiro atoms. The van der Waals surface area contributed by atoms with Crippen LogP contribution in [-0.4, -0.2) is 41.2 Å². The van der Waals surface area contributed by atoms with Crippen LogP contribution in [0.25, 0.3) is 0 Å². The minimum absolute atomic E-state index is 0.221. The van der Waals surface area contributed by atoms with Gasteiger partial charge in [0, 0.05) is 16.3 Å². The third-order valence-electron chi connectivity index (χ3n) is 4.71. The molecule has 1 saturated heterocycles. The fourth-order valence-electron chi connectivity index (χ4n) is 2.82. The summed E-state index contributed by atoms with van der Waals surface area (Å²) in [7, 11) is 0. The van der Waals surface area contributed by atoms with Crippen LogP contribution in [-0.2, 0) is 14.3 Å². The molecule has 4 amide bonds. The number of thioether (sulfide) groups is 1. The average molecular weight is 442 g/mol. The van der Waals surface area contributed by atoms with E-state index in [0.717, 1.165) is 5.56 Å². The molecule has 162 valence electrons. The maximum atomic E-state index is 12.7. The number of esters is 1. The Balaban J connectivity index is 1.63. The van der Waals surface area contributed by atoms with Crippen LogP contribution >= 0.6 is 11.8 Å². The zero-order valence-electron chi connectivity index (χ0n) is 17.4. The first-order valence-corrected chi connectivity index (χ1v) is 10.6. The number of rotatable bonds is 7. The number of carbonyl (C=O) groups is 4. The maximum absolute atomic E-state index is 12.7. The third kappa shape index (κ3) is 5.43. The van der Waals surface area contributed by atoms with E-state index in [-0.39, 0.29) is 11.3 Å². The third-order valence-corrected chi connectivity index (χ3v) is 6.10. The van der Waals surface area contributed by atoms with Gasteiger partial charge >= 0.3 is 12.0 Å². The topological polar surface area (TPSA) is 114 Å². The van der Waals surface area contributed by atoms with Crippen molar-refractivity contribution < 1.29 is 23.9 Å². The van der Waals surface area contributed by atoms with Crippen molar-refractivity contribution in [2.45, 2.75) is 37.3 Å². The fraction of sp³-hybridized carbons (Fsp3) is 0.273. The van der Waals surface area contributed by atoms with E-state index in [2.05, 4.69) is 16.0 Å². The van der Waals surface area contributed by atoms with Crippen LogP contribution in [0.15, 0.2) is 53.4 Å². The summed E-state index contributed by atoms with van der Waals surface area (Å²) in [6.07, 6.45) is -1.01. The number of nitrogens with one attached hydrogen (secondary N) is 3. The van der Waals surface area contributed by atoms with Crippen LogP contribution in [0.2, 0.25) is 0 Å². The van der Waals surface area contributed by atoms with Gasteiger partial charge in [-0.1, -0.05) is 29.8 Å². The SMILES string of the molecule is Cc1ccc(NC(=O)[C@@H](C)OC(=O)c2ccccc2SC[C@]2(C)NC(=O)NC2=O)cc1. The van der Waals surface area contributed by atoms with Gasteiger partial charge < -0.3 is 15.4 Å². The number of carbonyl (C=O) groups excluding carboxylic acids is 4. The number of hydrogen-bond donors (Lipinski definition) is 3. The first kappa shape index (κ1) is 22.4. The second kappa shape index (κ2) is 9.22. The van der Waals surface area contributed by atoms with Crippen LogP contribution < -0.4 is 16.0 Å². The molecule has 3 N–H and O–H groups in total. The summed E-state index contributed by atoms with van der Waals surface area (Å²) in [6.45, 7) is 5.05. The molecule has 1 aliphatic heterocycles. The summed E-state index contributed by atoms with van der Waals surface area (Å²) in [5, 5.41) is 7.50. The van der Waals surface area contributed by atoms with Gasteiger partial charge in [0.1, 0.15) is 5.54 Å². The lowest BCUT2D eigenvalue weighted by Crippen LogP contribution is -2.46. The van der Waals surface area contributed by atoms with E-state index in [4.69, 9.17) is 4.74 Å². The van der Waals surface area contributed by atoms with E-state index in [0.29, 0.717) is 10.6 Å². The second-order valence-corrected chi connectivity index (χ2v) is 8.45. The molecule has 3 rings (SSSR count). The summed E-state index contributed by atoms with van der Waals surface area (Å²) < 4.78 is 5.36. The molecule has 1 heterocycles. The molecular formula is C22H23N3O5S. The molecule has 2 atom stereocenters. The van der Waals surface area contributed by atoms with E-state index < -0.39 is 35.5 Å². The van der Waals surface area contributed by atoms with E-state index in [1.54, 1.807) is 43.3 Å². The quantitative estimate of drug-likeness (QED) is 0.346. The number of anilines is 1. The zero-order valence-corrected chi connectivity index (χ0v) is 18.2. The van der Waals surface area contributed by atoms with Gasteiger partial charge in [0.2, 0.25) is 0 Å². The first-order chi connectivity index (χ1) is 14.7. The van der Waals surface area contributed by atoms with Crippen LogP contribution in [0.5, 0.6) is 0 Å². The molecule has 0 bridgehead atoms. The van der Waals surface area contributed by atoms with Crippen LogP contribution in [0, 0.1) is 6.92 Å². The van der Waals surface area contributed by atoms with Crippen molar-refractivity contribution in [1.29, 1.82) is 0 Å². The van der Waals surface area contributed by atoms with Gasteiger partial charge in [0.25, 0.3) is 11.8 Å². The molecule has 0 saturated carbocycles. The number of benzene rings is 2. The summed E-state index contributed by atoms with van der Waals surface area (Å²) in [5.74, 6) is -1.30. The van der Waals surface area contributed by atoms with E-state index >= 15 is 0 Å². The molecule has 0 aliphatic carbocycles. The summed E-state index contributed by atoms with van der Waals surface area (Å²) in [6, 6.07) is 13.5. The highest BCUT2D eigenvalue weighted by atomic mass is 32.2. The number of amides is 4. The van der Waals surface area contributed by atoms with E-state index in [9.17, 15) is 19.2 Å². The Morgan fingerprint density at radius 1 is 1.13 bits per heavy atom. The molecule has 1 fully saturated rings. The van der Waals surface area contributed by atoms with Gasteiger partial charge in [-0.25, -0.2) is 9.59 Å². The standard InChI is InChI=1S/C22H23N3O5S/c1-13-8-10-15(11-9-13)23-18(26)14(2)30-19(27)16-6-4-5-7-17(16)31-12-22(3)20(28)24-21(29)25-22/h4-11,14H,12H2,1-3H3,(H,23,26)(H2,24,25,28,29)/t14-,22+/m1/s1. The van der Waals surface area contributed by atoms with Crippen molar-refractivity contribution in [3.05, 3.63) is 59.7 Å². The Bertz CT molecular complexity index is 1020. The first-order valence-electron chi connectivity index (χ1n) is 9.62. The zero-order chi connectivity index (χ0) is 22.6. The Morgan fingerprint density at radius 2 is 1.81 bits per heavy atom. The molecule has 9 heteroatoms. The minimum atomic E-state index is -1.08. The lowest BCUT2D eigenvalue weighted by atomic mass is 10.1. The minimum Gasteiger partial charge on any atom is -0.449 e. The largest absolute Gasteiger partial charge is 0.449 e. The highest BCUT2D eigenvalue weighted by molar-refractivity contribution is 7.99. The van der Waals surface area contributed by atoms with Crippen LogP contribution in [0.1, 0.15) is 29.8 Å². The van der Waals surface area contributed by atoms with Gasteiger partial charge in [-0.15, -0.1) is 11.8 Å². The average Bonchev–Trinajstić information content (AvgIpc) is 2.99. The molecule has 2 aromatic rings. The highest BCUT2D eigenvalue weighted by Gasteiger charge is 2.42. The molecule has 0 radical (unpaired) electrons. The molecule has 0 unspecified atom stereocenters. The van der Waals surface area contributed by atoms with Crippen molar-refractivity contribution in [2.24, 2.45) is 0 Å². The molecule has 1 aliphatic rings. The molecule has 2 aromatic carbocycles.